The Kier molecular flexibility index (Phi) is 8.70. The van der Waals surface area contributed by atoms with Gasteiger partial charge in [0, 0.05) is 68.4 Å². The van der Waals surface area contributed by atoms with Gasteiger partial charge in [-0.1, -0.05) is 31.2 Å². The van der Waals surface area contributed by atoms with Crippen LogP contribution in [0.5, 0.6) is 5.75 Å². The molecule has 198 valence electrons. The maximum Gasteiger partial charge on any atom is 0.253 e. The number of hydrogen-bond donors (Lipinski definition) is 2. The molecule has 2 heterocycles. The lowest BCUT2D eigenvalue weighted by Gasteiger charge is -2.24. The van der Waals surface area contributed by atoms with E-state index in [0.29, 0.717) is 24.3 Å². The Hall–Kier alpha value is -4.24. The van der Waals surface area contributed by atoms with Crippen LogP contribution < -0.4 is 10.1 Å². The van der Waals surface area contributed by atoms with E-state index < -0.39 is 0 Å². The van der Waals surface area contributed by atoms with Crippen molar-refractivity contribution in [3.63, 3.8) is 0 Å². The lowest BCUT2D eigenvalue weighted by Crippen LogP contribution is -2.39. The zero-order valence-corrected chi connectivity index (χ0v) is 22.3. The summed E-state index contributed by atoms with van der Waals surface area (Å²) in [6.45, 7) is 7.08. The van der Waals surface area contributed by atoms with Gasteiger partial charge in [-0.25, -0.2) is 4.98 Å². The number of nitrogens with zero attached hydrogens (tertiary/aromatic N) is 4. The first kappa shape index (κ1) is 26.8. The van der Waals surface area contributed by atoms with Crippen LogP contribution in [0.15, 0.2) is 60.8 Å². The minimum absolute atomic E-state index is 0.0358. The summed E-state index contributed by atoms with van der Waals surface area (Å²) in [5.74, 6) is 0.666. The van der Waals surface area contributed by atoms with Crippen molar-refractivity contribution in [2.75, 3.05) is 46.9 Å². The molecule has 0 fully saturated rings. The van der Waals surface area contributed by atoms with E-state index in [-0.39, 0.29) is 11.8 Å². The van der Waals surface area contributed by atoms with Crippen LogP contribution in [0.1, 0.15) is 24.2 Å². The average molecular weight is 515 g/mol. The normalized spacial score (nSPS) is 11.1. The van der Waals surface area contributed by atoms with Crippen molar-refractivity contribution in [1.82, 2.24) is 30.3 Å². The molecule has 9 nitrogen and oxygen atoms in total. The van der Waals surface area contributed by atoms with E-state index in [1.807, 2.05) is 61.6 Å². The third-order valence-electron chi connectivity index (χ3n) is 6.58. The van der Waals surface area contributed by atoms with Crippen molar-refractivity contribution in [3.05, 3.63) is 66.4 Å². The second-order valence-corrected chi connectivity index (χ2v) is 9.12. The third-order valence-corrected chi connectivity index (χ3v) is 6.58. The van der Waals surface area contributed by atoms with E-state index in [1.54, 1.807) is 18.2 Å². The van der Waals surface area contributed by atoms with Gasteiger partial charge in [0.25, 0.3) is 5.91 Å². The number of benzene rings is 2. The molecular weight excluding hydrogens is 480 g/mol. The van der Waals surface area contributed by atoms with Crippen LogP contribution >= 0.6 is 0 Å². The number of pyridine rings is 1. The van der Waals surface area contributed by atoms with Crippen LogP contribution in [0.2, 0.25) is 0 Å². The molecule has 9 heteroatoms. The minimum atomic E-state index is -0.0446. The number of para-hydroxylation sites is 1. The number of hydrogen-bond acceptors (Lipinski definition) is 6. The van der Waals surface area contributed by atoms with Crippen molar-refractivity contribution < 1.29 is 14.3 Å². The van der Waals surface area contributed by atoms with E-state index in [0.717, 1.165) is 53.2 Å². The van der Waals surface area contributed by atoms with Crippen molar-refractivity contribution in [1.29, 1.82) is 0 Å². The van der Waals surface area contributed by atoms with Crippen LogP contribution in [0.3, 0.4) is 0 Å². The zero-order valence-electron chi connectivity index (χ0n) is 22.3. The maximum atomic E-state index is 13.2. The number of amides is 2. The fraction of sp³-hybridized carbons (Fsp3) is 0.310. The van der Waals surface area contributed by atoms with Gasteiger partial charge in [-0.15, -0.1) is 0 Å². The molecule has 0 unspecified atom stereocenters. The van der Waals surface area contributed by atoms with Gasteiger partial charge in [-0.05, 0) is 42.4 Å². The molecule has 0 saturated heterocycles. The average Bonchev–Trinajstić information content (AvgIpc) is 3.37. The molecule has 0 aliphatic heterocycles. The van der Waals surface area contributed by atoms with E-state index in [4.69, 9.17) is 4.74 Å². The highest BCUT2D eigenvalue weighted by atomic mass is 16.5. The summed E-state index contributed by atoms with van der Waals surface area (Å²) in [6.07, 6.45) is 1.77. The first-order valence-corrected chi connectivity index (χ1v) is 12.7. The summed E-state index contributed by atoms with van der Waals surface area (Å²) in [4.78, 5) is 32.8. The predicted octanol–water partition coefficient (Wildman–Crippen LogP) is 3.83. The summed E-state index contributed by atoms with van der Waals surface area (Å²) in [5, 5.41) is 11.2. The Morgan fingerprint density at radius 2 is 1.84 bits per heavy atom. The van der Waals surface area contributed by atoms with E-state index in [2.05, 4.69) is 32.3 Å². The second kappa shape index (κ2) is 12.3. The quantitative estimate of drug-likeness (QED) is 0.315. The second-order valence-electron chi connectivity index (χ2n) is 9.12. The third kappa shape index (κ3) is 6.18. The van der Waals surface area contributed by atoms with Gasteiger partial charge in [-0.2, -0.15) is 5.10 Å². The standard InChI is InChI=1S/C29H34N6O3/c1-5-35(14-13-30-20(2)36)16-15-34(3)29(37)22-10-8-9-21(17-22)23-18-25-27(32-33-28(25)31-19-23)24-11-6-7-12-26(24)38-4/h6-12,17-19H,5,13-16H2,1-4H3,(H,30,36)(H,31,32,33). The number of carbonyl (C=O) groups is 2. The maximum absolute atomic E-state index is 13.2. The van der Waals surface area contributed by atoms with E-state index >= 15 is 0 Å². The molecule has 38 heavy (non-hydrogen) atoms. The van der Waals surface area contributed by atoms with Crippen LogP contribution in [0.25, 0.3) is 33.4 Å². The molecule has 2 aromatic heterocycles. The number of ether oxygens (including phenoxy) is 1. The molecule has 0 aliphatic rings. The van der Waals surface area contributed by atoms with Gasteiger partial charge in [0.2, 0.25) is 5.91 Å². The summed E-state index contributed by atoms with van der Waals surface area (Å²) >= 11 is 0. The van der Waals surface area contributed by atoms with Gasteiger partial charge in [-0.3, -0.25) is 14.7 Å². The SMILES string of the molecule is CCN(CCNC(C)=O)CCN(C)C(=O)c1cccc(-c2cnc3n[nH]c(-c4ccccc4OC)c3c2)c1. The number of H-pyrrole nitrogens is 1. The van der Waals surface area contributed by atoms with E-state index in [1.165, 1.54) is 6.92 Å². The fourth-order valence-electron chi connectivity index (χ4n) is 4.38. The lowest BCUT2D eigenvalue weighted by atomic mass is 10.0. The number of methoxy groups -OCH3 is 1. The zero-order chi connectivity index (χ0) is 27.1. The molecule has 0 bridgehead atoms. The van der Waals surface area contributed by atoms with Gasteiger partial charge < -0.3 is 19.9 Å². The molecule has 0 radical (unpaired) electrons. The van der Waals surface area contributed by atoms with Crippen molar-refractivity contribution in [3.8, 4) is 28.1 Å². The molecule has 4 aromatic rings. The summed E-state index contributed by atoms with van der Waals surface area (Å²) in [6, 6.07) is 17.4. The molecule has 0 aliphatic carbocycles. The number of rotatable bonds is 11. The Balaban J connectivity index is 1.51. The highest BCUT2D eigenvalue weighted by Crippen LogP contribution is 2.34. The Labute approximate surface area is 222 Å². The highest BCUT2D eigenvalue weighted by molar-refractivity contribution is 5.97. The summed E-state index contributed by atoms with van der Waals surface area (Å²) in [7, 11) is 3.46. The molecule has 0 spiro atoms. The van der Waals surface area contributed by atoms with Crippen molar-refractivity contribution in [2.45, 2.75) is 13.8 Å². The number of aromatic amines is 1. The van der Waals surface area contributed by atoms with Gasteiger partial charge in [0.05, 0.1) is 12.8 Å². The number of aromatic nitrogens is 3. The minimum Gasteiger partial charge on any atom is -0.496 e. The number of carbonyl (C=O) groups excluding carboxylic acids is 2. The van der Waals surface area contributed by atoms with Crippen molar-refractivity contribution >= 4 is 22.8 Å². The largest absolute Gasteiger partial charge is 0.496 e. The molecule has 4 rings (SSSR count). The summed E-state index contributed by atoms with van der Waals surface area (Å²) in [5.41, 5.74) is 4.75. The first-order valence-electron chi connectivity index (χ1n) is 12.7. The highest BCUT2D eigenvalue weighted by Gasteiger charge is 2.16. The lowest BCUT2D eigenvalue weighted by molar-refractivity contribution is -0.119. The van der Waals surface area contributed by atoms with Crippen LogP contribution in [0.4, 0.5) is 0 Å². The molecule has 2 amide bonds. The van der Waals surface area contributed by atoms with Gasteiger partial charge in [0.15, 0.2) is 5.65 Å². The van der Waals surface area contributed by atoms with E-state index in [9.17, 15) is 9.59 Å². The topological polar surface area (TPSA) is 103 Å². The number of fused-ring (bicyclic) bond motifs is 1. The number of nitrogens with one attached hydrogen (secondary N) is 2. The van der Waals surface area contributed by atoms with Crippen LogP contribution in [-0.4, -0.2) is 83.7 Å². The summed E-state index contributed by atoms with van der Waals surface area (Å²) < 4.78 is 5.54. The monoisotopic (exact) mass is 514 g/mol. The molecule has 2 aromatic carbocycles. The predicted molar refractivity (Wildman–Crippen MR) is 149 cm³/mol. The molecular formula is C29H34N6O3. The Bertz CT molecular complexity index is 1420. The van der Waals surface area contributed by atoms with Gasteiger partial charge in [0.1, 0.15) is 5.75 Å². The first-order chi connectivity index (χ1) is 18.4. The van der Waals surface area contributed by atoms with Gasteiger partial charge >= 0.3 is 0 Å². The Morgan fingerprint density at radius 3 is 2.61 bits per heavy atom. The van der Waals surface area contributed by atoms with Crippen LogP contribution in [-0.2, 0) is 4.79 Å². The molecule has 0 atom stereocenters. The molecule has 2 N–H and O–H groups in total. The molecule has 0 saturated carbocycles. The van der Waals surface area contributed by atoms with Crippen molar-refractivity contribution in [2.24, 2.45) is 0 Å². The fourth-order valence-corrected chi connectivity index (χ4v) is 4.38. The Morgan fingerprint density at radius 1 is 1.03 bits per heavy atom. The smallest absolute Gasteiger partial charge is 0.253 e. The van der Waals surface area contributed by atoms with Crippen LogP contribution in [0, 0.1) is 0 Å². The number of likely N-dealkylation sites (N-methyl/N-ethyl adjacent to an activating group) is 2.